The van der Waals surface area contributed by atoms with Crippen LogP contribution < -0.4 is 10.2 Å². The zero-order valence-corrected chi connectivity index (χ0v) is 17.0. The van der Waals surface area contributed by atoms with Crippen LogP contribution in [0.5, 0.6) is 0 Å². The molecule has 0 fully saturated rings. The summed E-state index contributed by atoms with van der Waals surface area (Å²) in [4.78, 5) is 15.7. The van der Waals surface area contributed by atoms with Crippen molar-refractivity contribution in [2.75, 3.05) is 10.2 Å². The summed E-state index contributed by atoms with van der Waals surface area (Å²) in [6.45, 7) is 2.14. The van der Waals surface area contributed by atoms with Gasteiger partial charge in [0.25, 0.3) is 5.91 Å². The quantitative estimate of drug-likeness (QED) is 0.435. The third-order valence-electron chi connectivity index (χ3n) is 5.94. The highest BCUT2D eigenvalue weighted by molar-refractivity contribution is 6.14. The van der Waals surface area contributed by atoms with Crippen molar-refractivity contribution in [3.8, 4) is 0 Å². The number of carbonyl (C=O) groups excluding carboxylic acids is 1. The molecule has 0 radical (unpaired) electrons. The molecule has 5 rings (SSSR count). The van der Waals surface area contributed by atoms with Gasteiger partial charge >= 0.3 is 0 Å². The molecule has 1 aliphatic heterocycles. The van der Waals surface area contributed by atoms with Crippen molar-refractivity contribution in [2.45, 2.75) is 25.4 Å². The summed E-state index contributed by atoms with van der Waals surface area (Å²) in [5.41, 5.74) is 4.00. The van der Waals surface area contributed by atoms with Gasteiger partial charge in [0.2, 0.25) is 0 Å². The normalized spacial score (nSPS) is 18.1. The van der Waals surface area contributed by atoms with Crippen molar-refractivity contribution in [1.29, 1.82) is 0 Å². The summed E-state index contributed by atoms with van der Waals surface area (Å²) < 4.78 is 0. The van der Waals surface area contributed by atoms with Crippen molar-refractivity contribution in [2.24, 2.45) is 0 Å². The third-order valence-corrected chi connectivity index (χ3v) is 5.94. The molecule has 2 atom stereocenters. The molecule has 30 heavy (non-hydrogen) atoms. The van der Waals surface area contributed by atoms with E-state index in [1.54, 1.807) is 0 Å². The number of anilines is 2. The summed E-state index contributed by atoms with van der Waals surface area (Å²) in [5, 5.41) is 5.75. The van der Waals surface area contributed by atoms with Crippen LogP contribution in [-0.4, -0.2) is 11.9 Å². The minimum absolute atomic E-state index is 0.0601. The molecule has 148 valence electrons. The molecular formula is C27H24N2O. The Bertz CT molecular complexity index is 1200. The van der Waals surface area contributed by atoms with E-state index in [1.807, 2.05) is 59.5 Å². The zero-order chi connectivity index (χ0) is 20.5. The number of nitrogens with one attached hydrogen (secondary N) is 1. The fourth-order valence-corrected chi connectivity index (χ4v) is 4.54. The topological polar surface area (TPSA) is 32.3 Å². The lowest BCUT2D eigenvalue weighted by molar-refractivity contribution is 0.0975. The lowest BCUT2D eigenvalue weighted by Crippen LogP contribution is -2.44. The molecule has 1 heterocycles. The average molecular weight is 393 g/mol. The number of amides is 1. The van der Waals surface area contributed by atoms with Gasteiger partial charge in [-0.3, -0.25) is 4.79 Å². The molecule has 0 saturated heterocycles. The Kier molecular flexibility index (Phi) is 4.72. The maximum atomic E-state index is 13.8. The summed E-state index contributed by atoms with van der Waals surface area (Å²) in [6.07, 6.45) is 0.850. The number of benzene rings is 4. The van der Waals surface area contributed by atoms with Gasteiger partial charge in [-0.1, -0.05) is 72.8 Å². The molecular weight excluding hydrogens is 368 g/mol. The SMILES string of the molecule is C[C@H]1C[C@H](Nc2ccccc2)c2ccccc2N1C(=O)c1cccc2ccccc12. The van der Waals surface area contributed by atoms with Gasteiger partial charge in [-0.15, -0.1) is 0 Å². The molecule has 1 N–H and O–H groups in total. The molecule has 0 aromatic heterocycles. The standard InChI is InChI=1S/C27H24N2O/c1-19-18-25(28-21-12-3-2-4-13-21)24-15-7-8-17-26(24)29(19)27(30)23-16-9-11-20-10-5-6-14-22(20)23/h2-17,19,25,28H,18H2,1H3/t19-,25-/m0/s1. The third kappa shape index (κ3) is 3.22. The predicted molar refractivity (Wildman–Crippen MR) is 124 cm³/mol. The Hall–Kier alpha value is -3.59. The van der Waals surface area contributed by atoms with E-state index in [0.29, 0.717) is 0 Å². The molecule has 1 aliphatic rings. The molecule has 0 saturated carbocycles. The van der Waals surface area contributed by atoms with Crippen molar-refractivity contribution >= 4 is 28.1 Å². The highest BCUT2D eigenvalue weighted by Gasteiger charge is 2.34. The van der Waals surface area contributed by atoms with Gasteiger partial charge in [0.15, 0.2) is 0 Å². The Labute approximate surface area is 177 Å². The highest BCUT2D eigenvalue weighted by atomic mass is 16.2. The first-order valence-corrected chi connectivity index (χ1v) is 10.4. The first kappa shape index (κ1) is 18.4. The molecule has 0 spiro atoms. The van der Waals surface area contributed by atoms with Crippen LogP contribution in [0, 0.1) is 0 Å². The zero-order valence-electron chi connectivity index (χ0n) is 17.0. The Balaban J connectivity index is 1.55. The molecule has 4 aromatic rings. The van der Waals surface area contributed by atoms with Crippen LogP contribution in [0.1, 0.15) is 35.3 Å². The minimum atomic E-state index is 0.0601. The maximum absolute atomic E-state index is 13.8. The second-order valence-electron chi connectivity index (χ2n) is 7.91. The van der Waals surface area contributed by atoms with Crippen LogP contribution in [0.25, 0.3) is 10.8 Å². The molecule has 0 aliphatic carbocycles. The van der Waals surface area contributed by atoms with Gasteiger partial charge < -0.3 is 10.2 Å². The number of rotatable bonds is 3. The number of carbonyl (C=O) groups is 1. The van der Waals surface area contributed by atoms with Crippen molar-refractivity contribution in [3.05, 3.63) is 108 Å². The van der Waals surface area contributed by atoms with Crippen LogP contribution in [0.2, 0.25) is 0 Å². The van der Waals surface area contributed by atoms with Crippen LogP contribution in [0.4, 0.5) is 11.4 Å². The summed E-state index contributed by atoms with van der Waals surface area (Å²) in [5.74, 6) is 0.0601. The van der Waals surface area contributed by atoms with Crippen LogP contribution in [0.3, 0.4) is 0 Å². The van der Waals surface area contributed by atoms with E-state index in [2.05, 4.69) is 54.7 Å². The fraction of sp³-hybridized carbons (Fsp3) is 0.148. The average Bonchev–Trinajstić information content (AvgIpc) is 2.79. The molecule has 1 amide bonds. The van der Waals surface area contributed by atoms with Crippen LogP contribution in [0.15, 0.2) is 97.1 Å². The monoisotopic (exact) mass is 392 g/mol. The minimum Gasteiger partial charge on any atom is -0.378 e. The summed E-state index contributed by atoms with van der Waals surface area (Å²) in [7, 11) is 0. The van der Waals surface area contributed by atoms with Crippen molar-refractivity contribution in [3.63, 3.8) is 0 Å². The van der Waals surface area contributed by atoms with Gasteiger partial charge in [0, 0.05) is 23.0 Å². The highest BCUT2D eigenvalue weighted by Crippen LogP contribution is 2.40. The molecule has 3 heteroatoms. The second kappa shape index (κ2) is 7.68. The Morgan fingerprint density at radius 3 is 2.40 bits per heavy atom. The predicted octanol–water partition coefficient (Wildman–Crippen LogP) is 6.43. The number of para-hydroxylation sites is 2. The first-order chi connectivity index (χ1) is 14.7. The fourth-order valence-electron chi connectivity index (χ4n) is 4.54. The largest absolute Gasteiger partial charge is 0.378 e. The van der Waals surface area contributed by atoms with Gasteiger partial charge in [0.05, 0.1) is 6.04 Å². The first-order valence-electron chi connectivity index (χ1n) is 10.4. The van der Waals surface area contributed by atoms with E-state index in [-0.39, 0.29) is 18.0 Å². The van der Waals surface area contributed by atoms with Crippen LogP contribution >= 0.6 is 0 Å². The molecule has 4 aromatic carbocycles. The van der Waals surface area contributed by atoms with E-state index < -0.39 is 0 Å². The molecule has 3 nitrogen and oxygen atoms in total. The second-order valence-corrected chi connectivity index (χ2v) is 7.91. The van der Waals surface area contributed by atoms with Crippen molar-refractivity contribution < 1.29 is 4.79 Å². The van der Waals surface area contributed by atoms with E-state index in [4.69, 9.17) is 0 Å². The van der Waals surface area contributed by atoms with Gasteiger partial charge in [-0.05, 0) is 53.9 Å². The van der Waals surface area contributed by atoms with E-state index in [1.165, 1.54) is 0 Å². The van der Waals surface area contributed by atoms with Crippen LogP contribution in [-0.2, 0) is 0 Å². The lowest BCUT2D eigenvalue weighted by atomic mass is 9.90. The Morgan fingerprint density at radius 1 is 0.833 bits per heavy atom. The maximum Gasteiger partial charge on any atom is 0.259 e. The summed E-state index contributed by atoms with van der Waals surface area (Å²) >= 11 is 0. The van der Waals surface area contributed by atoms with Crippen molar-refractivity contribution in [1.82, 2.24) is 0 Å². The number of fused-ring (bicyclic) bond motifs is 2. The lowest BCUT2D eigenvalue weighted by Gasteiger charge is -2.40. The Morgan fingerprint density at radius 2 is 1.53 bits per heavy atom. The van der Waals surface area contributed by atoms with E-state index in [0.717, 1.165) is 39.7 Å². The van der Waals surface area contributed by atoms with Gasteiger partial charge in [-0.25, -0.2) is 0 Å². The van der Waals surface area contributed by atoms with Gasteiger partial charge in [0.1, 0.15) is 0 Å². The van der Waals surface area contributed by atoms with Gasteiger partial charge in [-0.2, -0.15) is 0 Å². The van der Waals surface area contributed by atoms with E-state index >= 15 is 0 Å². The number of hydrogen-bond donors (Lipinski definition) is 1. The van der Waals surface area contributed by atoms with E-state index in [9.17, 15) is 4.79 Å². The number of nitrogens with zero attached hydrogens (tertiary/aromatic N) is 1. The summed E-state index contributed by atoms with van der Waals surface area (Å²) in [6, 6.07) is 32.8. The molecule has 0 unspecified atom stereocenters. The number of hydrogen-bond acceptors (Lipinski definition) is 2. The molecule has 0 bridgehead atoms. The smallest absolute Gasteiger partial charge is 0.259 e.